The molecule has 0 bridgehead atoms. The monoisotopic (exact) mass is 517 g/mol. The second-order valence-electron chi connectivity index (χ2n) is 9.94. The minimum atomic E-state index is 0.0275. The zero-order valence-electron chi connectivity index (χ0n) is 22.3. The van der Waals surface area contributed by atoms with E-state index in [0.29, 0.717) is 24.7 Å². The number of carbonyl (C=O) groups is 1. The van der Waals surface area contributed by atoms with Crippen molar-refractivity contribution in [3.63, 3.8) is 0 Å². The van der Waals surface area contributed by atoms with Crippen LogP contribution in [0.25, 0.3) is 11.3 Å². The van der Waals surface area contributed by atoms with E-state index in [4.69, 9.17) is 20.4 Å². The highest BCUT2D eigenvalue weighted by Crippen LogP contribution is 2.39. The van der Waals surface area contributed by atoms with Crippen molar-refractivity contribution in [2.24, 2.45) is 0 Å². The fraction of sp³-hybridized carbons (Fsp3) is 0.444. The Hall–Kier alpha value is -3.83. The number of fused-ring (bicyclic) bond motifs is 1. The van der Waals surface area contributed by atoms with Gasteiger partial charge < -0.3 is 30.1 Å². The first kappa shape index (κ1) is 25.8. The molecule has 2 aromatic heterocycles. The van der Waals surface area contributed by atoms with E-state index in [2.05, 4.69) is 24.7 Å². The van der Waals surface area contributed by atoms with E-state index in [1.807, 2.05) is 45.4 Å². The SMILES string of the molecule is CN(C)CCCN(C)C(=O)c1ccc(N2CCc3c(-c4cnc(N)nc4)nc(N4CCOCC4)nc32)cc1. The zero-order chi connectivity index (χ0) is 26.6. The maximum Gasteiger partial charge on any atom is 0.253 e. The van der Waals surface area contributed by atoms with Gasteiger partial charge in [-0.3, -0.25) is 4.79 Å². The minimum Gasteiger partial charge on any atom is -0.378 e. The standard InChI is InChI=1S/C27H35N9O2/c1-33(2)10-4-11-34(3)25(37)19-5-7-21(8-6-19)36-12-9-22-23(20-17-29-26(28)30-18-20)31-27(32-24(22)36)35-13-15-38-16-14-35/h5-8,17-18H,4,9-16H2,1-3H3,(H2,28,29,30). The number of morpholine rings is 1. The van der Waals surface area contributed by atoms with Crippen LogP contribution >= 0.6 is 0 Å². The van der Waals surface area contributed by atoms with Gasteiger partial charge in [0.15, 0.2) is 0 Å². The zero-order valence-corrected chi connectivity index (χ0v) is 22.3. The maximum atomic E-state index is 12.9. The molecule has 2 N–H and O–H groups in total. The summed E-state index contributed by atoms with van der Waals surface area (Å²) in [4.78, 5) is 39.5. The third kappa shape index (κ3) is 5.53. The number of ether oxygens (including phenoxy) is 1. The quantitative estimate of drug-likeness (QED) is 0.476. The second-order valence-corrected chi connectivity index (χ2v) is 9.94. The van der Waals surface area contributed by atoms with Crippen molar-refractivity contribution in [1.82, 2.24) is 29.7 Å². The molecule has 0 atom stereocenters. The smallest absolute Gasteiger partial charge is 0.253 e. The number of nitrogens with two attached hydrogens (primary N) is 1. The van der Waals surface area contributed by atoms with Crippen molar-refractivity contribution in [2.75, 3.05) is 82.6 Å². The molecule has 200 valence electrons. The predicted molar refractivity (Wildman–Crippen MR) is 148 cm³/mol. The van der Waals surface area contributed by atoms with Gasteiger partial charge in [0.1, 0.15) is 5.82 Å². The molecule has 2 aliphatic heterocycles. The van der Waals surface area contributed by atoms with E-state index < -0.39 is 0 Å². The number of rotatable bonds is 8. The first-order valence-electron chi connectivity index (χ1n) is 13.0. The molecule has 1 saturated heterocycles. The summed E-state index contributed by atoms with van der Waals surface area (Å²) in [5, 5.41) is 0. The first-order chi connectivity index (χ1) is 18.4. The lowest BCUT2D eigenvalue weighted by molar-refractivity contribution is 0.0790. The van der Waals surface area contributed by atoms with Gasteiger partial charge in [-0.25, -0.2) is 15.0 Å². The number of hydrogen-bond acceptors (Lipinski definition) is 10. The van der Waals surface area contributed by atoms with E-state index in [1.165, 1.54) is 0 Å². The summed E-state index contributed by atoms with van der Waals surface area (Å²) >= 11 is 0. The Bertz CT molecular complexity index is 1260. The van der Waals surface area contributed by atoms with Crippen LogP contribution in [-0.4, -0.2) is 103 Å². The molecule has 11 heteroatoms. The van der Waals surface area contributed by atoms with Crippen molar-refractivity contribution < 1.29 is 9.53 Å². The third-order valence-electron chi connectivity index (χ3n) is 6.93. The molecule has 5 rings (SSSR count). The van der Waals surface area contributed by atoms with Crippen LogP contribution in [0.15, 0.2) is 36.7 Å². The van der Waals surface area contributed by atoms with Crippen molar-refractivity contribution in [3.05, 3.63) is 47.8 Å². The van der Waals surface area contributed by atoms with E-state index in [9.17, 15) is 4.79 Å². The van der Waals surface area contributed by atoms with Gasteiger partial charge in [0.25, 0.3) is 5.91 Å². The van der Waals surface area contributed by atoms with Gasteiger partial charge in [-0.05, 0) is 57.7 Å². The summed E-state index contributed by atoms with van der Waals surface area (Å²) in [5.41, 5.74) is 10.1. The lowest BCUT2D eigenvalue weighted by Crippen LogP contribution is -2.37. The number of aromatic nitrogens is 4. The van der Waals surface area contributed by atoms with Crippen LogP contribution < -0.4 is 15.5 Å². The van der Waals surface area contributed by atoms with Gasteiger partial charge >= 0.3 is 0 Å². The summed E-state index contributed by atoms with van der Waals surface area (Å²) in [5.74, 6) is 1.79. The van der Waals surface area contributed by atoms with E-state index >= 15 is 0 Å². The molecule has 2 aliphatic rings. The van der Waals surface area contributed by atoms with Crippen molar-refractivity contribution in [1.29, 1.82) is 0 Å². The number of carbonyl (C=O) groups excluding carboxylic acids is 1. The fourth-order valence-electron chi connectivity index (χ4n) is 4.83. The van der Waals surface area contributed by atoms with Crippen LogP contribution in [0.1, 0.15) is 22.3 Å². The number of nitrogen functional groups attached to an aromatic ring is 1. The molecule has 1 amide bonds. The van der Waals surface area contributed by atoms with Crippen molar-refractivity contribution in [3.8, 4) is 11.3 Å². The van der Waals surface area contributed by atoms with Crippen LogP contribution in [0.2, 0.25) is 0 Å². The topological polar surface area (TPSA) is 117 Å². The lowest BCUT2D eigenvalue weighted by atomic mass is 10.1. The summed E-state index contributed by atoms with van der Waals surface area (Å²) < 4.78 is 5.54. The first-order valence-corrected chi connectivity index (χ1v) is 13.0. The normalized spacial score (nSPS) is 15.2. The molecule has 11 nitrogen and oxygen atoms in total. The minimum absolute atomic E-state index is 0.0275. The summed E-state index contributed by atoms with van der Waals surface area (Å²) in [6.07, 6.45) is 5.15. The molecule has 1 aromatic carbocycles. The molecule has 0 aliphatic carbocycles. The van der Waals surface area contributed by atoms with E-state index in [1.54, 1.807) is 17.3 Å². The average molecular weight is 518 g/mol. The van der Waals surface area contributed by atoms with Crippen LogP contribution in [-0.2, 0) is 11.2 Å². The highest BCUT2D eigenvalue weighted by molar-refractivity contribution is 5.94. The van der Waals surface area contributed by atoms with Gasteiger partial charge in [-0.2, -0.15) is 4.98 Å². The number of hydrogen-bond donors (Lipinski definition) is 1. The molecule has 38 heavy (non-hydrogen) atoms. The van der Waals surface area contributed by atoms with Gasteiger partial charge in [-0.15, -0.1) is 0 Å². The highest BCUT2D eigenvalue weighted by Gasteiger charge is 2.29. The molecular weight excluding hydrogens is 482 g/mol. The van der Waals surface area contributed by atoms with Crippen LogP contribution in [0.4, 0.5) is 23.4 Å². The maximum absolute atomic E-state index is 12.9. The van der Waals surface area contributed by atoms with Gasteiger partial charge in [0.05, 0.1) is 18.9 Å². The third-order valence-corrected chi connectivity index (χ3v) is 6.93. The van der Waals surface area contributed by atoms with Crippen LogP contribution in [0.5, 0.6) is 0 Å². The Labute approximate surface area is 223 Å². The molecule has 0 saturated carbocycles. The molecular formula is C27H35N9O2. The number of anilines is 4. The molecule has 3 aromatic rings. The van der Waals surface area contributed by atoms with Crippen LogP contribution in [0, 0.1) is 0 Å². The van der Waals surface area contributed by atoms with Crippen LogP contribution in [0.3, 0.4) is 0 Å². The Kier molecular flexibility index (Phi) is 7.66. The Balaban J connectivity index is 1.42. The Morgan fingerprint density at radius 1 is 1.00 bits per heavy atom. The molecule has 4 heterocycles. The highest BCUT2D eigenvalue weighted by atomic mass is 16.5. The average Bonchev–Trinajstić information content (AvgIpc) is 3.37. The number of benzene rings is 1. The Morgan fingerprint density at radius 2 is 1.71 bits per heavy atom. The summed E-state index contributed by atoms with van der Waals surface area (Å²) in [6.45, 7) is 5.18. The predicted octanol–water partition coefficient (Wildman–Crippen LogP) is 2.07. The number of nitrogens with zero attached hydrogens (tertiary/aromatic N) is 8. The largest absolute Gasteiger partial charge is 0.378 e. The van der Waals surface area contributed by atoms with E-state index in [0.717, 1.165) is 73.9 Å². The van der Waals surface area contributed by atoms with Gasteiger partial charge in [0, 0.05) is 68.0 Å². The molecule has 0 radical (unpaired) electrons. The fourth-order valence-corrected chi connectivity index (χ4v) is 4.83. The van der Waals surface area contributed by atoms with Crippen molar-refractivity contribution >= 4 is 29.3 Å². The second kappa shape index (κ2) is 11.3. The summed E-state index contributed by atoms with van der Waals surface area (Å²) in [6, 6.07) is 7.80. The van der Waals surface area contributed by atoms with E-state index in [-0.39, 0.29) is 11.9 Å². The molecule has 1 fully saturated rings. The Morgan fingerprint density at radius 3 is 2.39 bits per heavy atom. The lowest BCUT2D eigenvalue weighted by Gasteiger charge is -2.28. The summed E-state index contributed by atoms with van der Waals surface area (Å²) in [7, 11) is 5.94. The number of amides is 1. The van der Waals surface area contributed by atoms with Gasteiger partial charge in [-0.1, -0.05) is 0 Å². The van der Waals surface area contributed by atoms with Gasteiger partial charge in [0.2, 0.25) is 11.9 Å². The molecule has 0 unspecified atom stereocenters. The van der Waals surface area contributed by atoms with Crippen molar-refractivity contribution in [2.45, 2.75) is 12.8 Å². The molecule has 0 spiro atoms.